The predicted octanol–water partition coefficient (Wildman–Crippen LogP) is 5.41. The number of aryl methyl sites for hydroxylation is 1. The zero-order valence-corrected chi connectivity index (χ0v) is 24.5. The van der Waals surface area contributed by atoms with Crippen LogP contribution in [-0.4, -0.2) is 39.7 Å². The van der Waals surface area contributed by atoms with Crippen molar-refractivity contribution in [2.24, 2.45) is 0 Å². The second-order valence-corrected chi connectivity index (χ2v) is 11.9. The number of hydrogen-bond donors (Lipinski definition) is 2. The summed E-state index contributed by atoms with van der Waals surface area (Å²) in [7, 11) is -4.30. The average Bonchev–Trinajstić information content (AvgIpc) is 3.43. The first-order valence-corrected chi connectivity index (χ1v) is 15.0. The van der Waals surface area contributed by atoms with E-state index in [1.165, 1.54) is 42.5 Å². The van der Waals surface area contributed by atoms with E-state index in [0.29, 0.717) is 29.9 Å². The van der Waals surface area contributed by atoms with E-state index in [1.807, 2.05) is 26.1 Å². The number of alkyl halides is 3. The number of benzene rings is 3. The maximum Gasteiger partial charge on any atom is 0.405 e. The van der Waals surface area contributed by atoms with Crippen LogP contribution in [0.3, 0.4) is 0 Å². The summed E-state index contributed by atoms with van der Waals surface area (Å²) >= 11 is 0. The molecule has 9 nitrogen and oxygen atoms in total. The van der Waals surface area contributed by atoms with Crippen LogP contribution in [0.25, 0.3) is 0 Å². The topological polar surface area (TPSA) is 120 Å². The summed E-state index contributed by atoms with van der Waals surface area (Å²) in [5, 5.41) is 1.83. The highest BCUT2D eigenvalue weighted by Gasteiger charge is 2.31. The number of amides is 2. The Bertz CT molecular complexity index is 1590. The van der Waals surface area contributed by atoms with E-state index in [1.54, 1.807) is 18.2 Å². The Balaban J connectivity index is 1.66. The van der Waals surface area contributed by atoms with E-state index in [0.717, 1.165) is 5.56 Å². The lowest BCUT2D eigenvalue weighted by Crippen LogP contribution is -2.37. The number of hydrogen-bond acceptors (Lipinski definition) is 7. The van der Waals surface area contributed by atoms with E-state index in [4.69, 9.17) is 14.2 Å². The second kappa shape index (κ2) is 12.9. The van der Waals surface area contributed by atoms with Crippen molar-refractivity contribution in [3.05, 3.63) is 82.9 Å². The fourth-order valence-electron chi connectivity index (χ4n) is 4.34. The Morgan fingerprint density at radius 1 is 0.953 bits per heavy atom. The number of fused-ring (bicyclic) bond motifs is 1. The van der Waals surface area contributed by atoms with Crippen molar-refractivity contribution in [2.45, 2.75) is 56.7 Å². The van der Waals surface area contributed by atoms with Gasteiger partial charge >= 0.3 is 6.18 Å². The summed E-state index contributed by atoms with van der Waals surface area (Å²) in [5.41, 5.74) is 1.58. The molecule has 1 aliphatic rings. The van der Waals surface area contributed by atoms with Crippen LogP contribution < -0.4 is 24.2 Å². The van der Waals surface area contributed by atoms with Gasteiger partial charge in [-0.2, -0.15) is 13.2 Å². The molecule has 1 heterocycles. The van der Waals surface area contributed by atoms with E-state index < -0.39 is 40.7 Å². The Morgan fingerprint density at radius 2 is 1.63 bits per heavy atom. The van der Waals surface area contributed by atoms with Crippen LogP contribution >= 0.6 is 0 Å². The third-order valence-corrected chi connectivity index (χ3v) is 7.93. The molecule has 0 bridgehead atoms. The van der Waals surface area contributed by atoms with Crippen molar-refractivity contribution in [1.82, 2.24) is 10.0 Å². The van der Waals surface area contributed by atoms with E-state index in [9.17, 15) is 31.2 Å². The first-order valence-electron chi connectivity index (χ1n) is 13.5. The van der Waals surface area contributed by atoms with Crippen molar-refractivity contribution >= 4 is 21.8 Å². The number of carbonyl (C=O) groups excluding carboxylic acids is 2. The number of carbonyl (C=O) groups is 2. The van der Waals surface area contributed by atoms with Gasteiger partial charge in [0, 0.05) is 11.1 Å². The minimum Gasteiger partial charge on any atom is -0.475 e. The lowest BCUT2D eigenvalue weighted by atomic mass is 10.0. The zero-order valence-electron chi connectivity index (χ0n) is 23.7. The molecule has 0 aromatic heterocycles. The van der Waals surface area contributed by atoms with Gasteiger partial charge in [0.25, 0.3) is 21.8 Å². The van der Waals surface area contributed by atoms with Crippen molar-refractivity contribution in [3.8, 4) is 17.2 Å². The second-order valence-electron chi connectivity index (χ2n) is 10.2. The third kappa shape index (κ3) is 7.98. The monoisotopic (exact) mass is 620 g/mol. The largest absolute Gasteiger partial charge is 0.475 e. The number of halogens is 3. The molecular weight excluding hydrogens is 589 g/mol. The summed E-state index contributed by atoms with van der Waals surface area (Å²) in [6, 6.07) is 14.7. The van der Waals surface area contributed by atoms with Gasteiger partial charge in [0.1, 0.15) is 12.3 Å². The van der Waals surface area contributed by atoms with Crippen LogP contribution in [0.15, 0.2) is 65.6 Å². The number of sulfonamides is 1. The molecule has 230 valence electrons. The zero-order chi connectivity index (χ0) is 31.4. The fraction of sp³-hybridized carbons (Fsp3) is 0.333. The molecule has 1 aliphatic heterocycles. The summed E-state index contributed by atoms with van der Waals surface area (Å²) < 4.78 is 83.1. The Labute approximate surface area is 247 Å². The maximum absolute atomic E-state index is 13.6. The van der Waals surface area contributed by atoms with Crippen LogP contribution in [0, 0.1) is 0 Å². The number of ether oxygens (including phenoxy) is 3. The van der Waals surface area contributed by atoms with Crippen molar-refractivity contribution in [3.63, 3.8) is 0 Å². The first kappa shape index (κ1) is 31.7. The van der Waals surface area contributed by atoms with Crippen molar-refractivity contribution < 1.29 is 45.4 Å². The van der Waals surface area contributed by atoms with E-state index in [-0.39, 0.29) is 34.5 Å². The summed E-state index contributed by atoms with van der Waals surface area (Å²) in [6.07, 6.45) is -5.15. The van der Waals surface area contributed by atoms with Crippen LogP contribution in [0.1, 0.15) is 66.3 Å². The lowest BCUT2D eigenvalue weighted by Gasteiger charge is -2.22. The predicted molar refractivity (Wildman–Crippen MR) is 151 cm³/mol. The molecule has 0 fully saturated rings. The molecule has 0 spiro atoms. The minimum atomic E-state index is -4.58. The van der Waals surface area contributed by atoms with E-state index in [2.05, 4.69) is 4.72 Å². The van der Waals surface area contributed by atoms with Crippen LogP contribution in [0.2, 0.25) is 0 Å². The van der Waals surface area contributed by atoms with Gasteiger partial charge in [-0.25, -0.2) is 13.1 Å². The molecule has 1 atom stereocenters. The van der Waals surface area contributed by atoms with Gasteiger partial charge in [-0.1, -0.05) is 45.4 Å². The number of nitrogens with one attached hydrogen (secondary N) is 2. The summed E-state index contributed by atoms with van der Waals surface area (Å²) in [6.45, 7) is 4.25. The molecule has 0 saturated heterocycles. The molecule has 43 heavy (non-hydrogen) atoms. The smallest absolute Gasteiger partial charge is 0.405 e. The number of rotatable bonds is 11. The SMILES string of the molecule is CCCc1cc(C(=O)NCC(F)(F)F)ccc1OC(C(=O)NS(=O)(=O)c1ccc(C(C)C)cc1)c1ccc2c(c1)OCO2. The Hall–Kier alpha value is -4.26. The van der Waals surface area contributed by atoms with Gasteiger partial charge in [-0.05, 0) is 65.9 Å². The fourth-order valence-corrected chi connectivity index (χ4v) is 5.32. The molecule has 0 radical (unpaired) electrons. The molecule has 0 saturated carbocycles. The first-order chi connectivity index (χ1) is 20.3. The highest BCUT2D eigenvalue weighted by atomic mass is 32.2. The van der Waals surface area contributed by atoms with Gasteiger partial charge in [-0.15, -0.1) is 0 Å². The molecule has 2 N–H and O–H groups in total. The van der Waals surface area contributed by atoms with Gasteiger partial charge in [0.2, 0.25) is 12.9 Å². The lowest BCUT2D eigenvalue weighted by molar-refractivity contribution is -0.126. The molecule has 2 amide bonds. The standard InChI is InChI=1S/C30H31F3N2O7S/c1-4-5-20-14-22(28(36)34-16-30(31,32)33)9-12-24(20)42-27(21-8-13-25-26(15-21)41-17-40-25)29(37)35-43(38,39)23-10-6-19(7-11-23)18(2)3/h6-15,18,27H,4-5,16-17H2,1-3H3,(H,34,36)(H,35,37). The summed E-state index contributed by atoms with van der Waals surface area (Å²) in [4.78, 5) is 25.8. The Morgan fingerprint density at radius 3 is 2.28 bits per heavy atom. The minimum absolute atomic E-state index is 0.0310. The van der Waals surface area contributed by atoms with Gasteiger partial charge in [-0.3, -0.25) is 9.59 Å². The van der Waals surface area contributed by atoms with E-state index >= 15 is 0 Å². The van der Waals surface area contributed by atoms with Gasteiger partial charge in [0.05, 0.1) is 4.90 Å². The quantitative estimate of drug-likeness (QED) is 0.294. The molecule has 4 rings (SSSR count). The molecule has 0 aliphatic carbocycles. The molecule has 3 aromatic rings. The Kier molecular flexibility index (Phi) is 9.53. The van der Waals surface area contributed by atoms with Crippen molar-refractivity contribution in [1.29, 1.82) is 0 Å². The van der Waals surface area contributed by atoms with Crippen LogP contribution in [0.4, 0.5) is 13.2 Å². The van der Waals surface area contributed by atoms with Crippen molar-refractivity contribution in [2.75, 3.05) is 13.3 Å². The maximum atomic E-state index is 13.6. The van der Waals surface area contributed by atoms with Crippen LogP contribution in [-0.2, 0) is 21.2 Å². The highest BCUT2D eigenvalue weighted by Crippen LogP contribution is 2.36. The molecule has 13 heteroatoms. The average molecular weight is 621 g/mol. The summed E-state index contributed by atoms with van der Waals surface area (Å²) in [5.74, 6) is -0.847. The third-order valence-electron chi connectivity index (χ3n) is 6.57. The molecular formula is C30H31F3N2O7S. The van der Waals surface area contributed by atoms with Crippen LogP contribution in [0.5, 0.6) is 17.2 Å². The highest BCUT2D eigenvalue weighted by molar-refractivity contribution is 7.90. The van der Waals surface area contributed by atoms with Gasteiger partial charge < -0.3 is 19.5 Å². The molecule has 1 unspecified atom stereocenters. The molecule has 3 aromatic carbocycles. The normalized spacial score (nSPS) is 13.5. The van der Waals surface area contributed by atoms with Gasteiger partial charge in [0.15, 0.2) is 11.5 Å².